The first kappa shape index (κ1) is 14.5. The van der Waals surface area contributed by atoms with E-state index in [-0.39, 0.29) is 11.3 Å². The molecule has 0 saturated heterocycles. The lowest BCUT2D eigenvalue weighted by Crippen LogP contribution is -2.18. The van der Waals surface area contributed by atoms with Crippen molar-refractivity contribution in [2.45, 2.75) is 0 Å². The summed E-state index contributed by atoms with van der Waals surface area (Å²) in [6.45, 7) is 0.977. The van der Waals surface area contributed by atoms with Gasteiger partial charge in [0.15, 0.2) is 0 Å². The maximum atomic E-state index is 11.8. The Morgan fingerprint density at radius 3 is 3.00 bits per heavy atom. The summed E-state index contributed by atoms with van der Waals surface area (Å²) in [4.78, 5) is 11.8. The van der Waals surface area contributed by atoms with Gasteiger partial charge in [-0.05, 0) is 12.1 Å². The minimum Gasteiger partial charge on any atom is -0.508 e. The van der Waals surface area contributed by atoms with Crippen molar-refractivity contribution in [1.82, 2.24) is 5.32 Å². The van der Waals surface area contributed by atoms with Crippen LogP contribution in [-0.4, -0.2) is 31.3 Å². The molecule has 0 unspecified atom stereocenters. The van der Waals surface area contributed by atoms with E-state index in [2.05, 4.69) is 10.6 Å². The molecule has 0 aliphatic carbocycles. The van der Waals surface area contributed by atoms with E-state index >= 15 is 0 Å². The number of phenols is 1. The summed E-state index contributed by atoms with van der Waals surface area (Å²) < 4.78 is 4.82. The number of phenolic OH excluding ortho intramolecular Hbond substituents is 1. The van der Waals surface area contributed by atoms with E-state index in [4.69, 9.17) is 10.00 Å². The minimum absolute atomic E-state index is 0.0403. The van der Waals surface area contributed by atoms with Crippen LogP contribution in [0.4, 0.5) is 5.69 Å². The zero-order valence-corrected chi connectivity index (χ0v) is 10.5. The Bertz CT molecular complexity index is 506. The number of nitrogens with zero attached hydrogens (tertiary/aromatic N) is 1. The molecule has 1 rings (SSSR count). The van der Waals surface area contributed by atoms with Crippen LogP contribution < -0.4 is 10.6 Å². The normalized spacial score (nSPS) is 10.6. The fraction of sp³-hybridized carbons (Fsp3) is 0.231. The largest absolute Gasteiger partial charge is 0.508 e. The quantitative estimate of drug-likeness (QED) is 0.403. The highest BCUT2D eigenvalue weighted by Gasteiger charge is 2.09. The van der Waals surface area contributed by atoms with Crippen molar-refractivity contribution < 1.29 is 14.6 Å². The molecule has 0 heterocycles. The number of hydrogen-bond acceptors (Lipinski definition) is 5. The maximum absolute atomic E-state index is 11.8. The highest BCUT2D eigenvalue weighted by Crippen LogP contribution is 2.15. The zero-order chi connectivity index (χ0) is 14.1. The maximum Gasteiger partial charge on any atom is 0.267 e. The first-order valence-electron chi connectivity index (χ1n) is 5.60. The summed E-state index contributed by atoms with van der Waals surface area (Å²) in [6, 6.07) is 7.89. The Kier molecular flexibility index (Phi) is 5.92. The third kappa shape index (κ3) is 5.10. The molecule has 6 heteroatoms. The second-order valence-corrected chi connectivity index (χ2v) is 3.62. The van der Waals surface area contributed by atoms with Crippen molar-refractivity contribution in [1.29, 1.82) is 5.26 Å². The Hall–Kier alpha value is -2.52. The van der Waals surface area contributed by atoms with E-state index in [1.54, 1.807) is 25.3 Å². The lowest BCUT2D eigenvalue weighted by molar-refractivity contribution is -0.112. The zero-order valence-electron chi connectivity index (χ0n) is 10.5. The summed E-state index contributed by atoms with van der Waals surface area (Å²) in [7, 11) is 1.56. The van der Waals surface area contributed by atoms with Gasteiger partial charge in [0.2, 0.25) is 0 Å². The molecule has 6 nitrogen and oxygen atoms in total. The second-order valence-electron chi connectivity index (χ2n) is 3.62. The van der Waals surface area contributed by atoms with Crippen molar-refractivity contribution in [2.75, 3.05) is 25.6 Å². The number of carbonyl (C=O) groups excluding carboxylic acids is 1. The number of anilines is 1. The number of hydrogen-bond donors (Lipinski definition) is 3. The molecule has 0 aliphatic rings. The van der Waals surface area contributed by atoms with Gasteiger partial charge in [0, 0.05) is 31.6 Å². The van der Waals surface area contributed by atoms with Gasteiger partial charge in [-0.3, -0.25) is 4.79 Å². The van der Waals surface area contributed by atoms with Gasteiger partial charge >= 0.3 is 0 Å². The van der Waals surface area contributed by atoms with E-state index in [9.17, 15) is 9.90 Å². The summed E-state index contributed by atoms with van der Waals surface area (Å²) in [5.74, 6) is -0.503. The molecule has 3 N–H and O–H groups in total. The van der Waals surface area contributed by atoms with Gasteiger partial charge in [-0.25, -0.2) is 0 Å². The number of nitriles is 1. The highest BCUT2D eigenvalue weighted by atomic mass is 16.5. The SMILES string of the molecule is COCCN/C=C(/C#N)C(=O)Nc1cccc(O)c1. The lowest BCUT2D eigenvalue weighted by Gasteiger charge is -2.05. The molecular formula is C13H15N3O3. The Morgan fingerprint density at radius 1 is 1.58 bits per heavy atom. The molecule has 0 radical (unpaired) electrons. The molecule has 1 amide bonds. The van der Waals surface area contributed by atoms with E-state index < -0.39 is 5.91 Å². The summed E-state index contributed by atoms with van der Waals surface area (Å²) in [5.41, 5.74) is 0.363. The first-order chi connectivity index (χ1) is 9.17. The van der Waals surface area contributed by atoms with Crippen molar-refractivity contribution in [3.8, 4) is 11.8 Å². The van der Waals surface area contributed by atoms with Crippen LogP contribution in [0.1, 0.15) is 0 Å². The fourth-order valence-corrected chi connectivity index (χ4v) is 1.27. The minimum atomic E-state index is -0.544. The van der Waals surface area contributed by atoms with E-state index in [1.807, 2.05) is 0 Å². The van der Waals surface area contributed by atoms with Crippen molar-refractivity contribution in [2.24, 2.45) is 0 Å². The predicted molar refractivity (Wildman–Crippen MR) is 70.3 cm³/mol. The number of nitrogens with one attached hydrogen (secondary N) is 2. The van der Waals surface area contributed by atoms with Gasteiger partial charge in [-0.2, -0.15) is 5.26 Å². The molecular weight excluding hydrogens is 246 g/mol. The number of ether oxygens (including phenoxy) is 1. The molecule has 0 atom stereocenters. The number of amides is 1. The monoisotopic (exact) mass is 261 g/mol. The molecule has 1 aromatic carbocycles. The number of methoxy groups -OCH3 is 1. The van der Waals surface area contributed by atoms with Crippen molar-refractivity contribution in [3.05, 3.63) is 36.0 Å². The lowest BCUT2D eigenvalue weighted by atomic mass is 10.2. The molecule has 0 bridgehead atoms. The standard InChI is InChI=1S/C13H15N3O3/c1-19-6-5-15-9-10(8-14)13(18)16-11-3-2-4-12(17)7-11/h2-4,7,9,15,17H,5-6H2,1H3,(H,16,18)/b10-9-. The predicted octanol–water partition coefficient (Wildman–Crippen LogP) is 0.974. The van der Waals surface area contributed by atoms with Crippen LogP contribution in [0, 0.1) is 11.3 Å². The number of benzene rings is 1. The van der Waals surface area contributed by atoms with Gasteiger partial charge in [-0.15, -0.1) is 0 Å². The molecule has 1 aromatic rings. The molecule has 0 aliphatic heterocycles. The van der Waals surface area contributed by atoms with Crippen LogP contribution in [0.5, 0.6) is 5.75 Å². The molecule has 0 saturated carbocycles. The fourth-order valence-electron chi connectivity index (χ4n) is 1.27. The van der Waals surface area contributed by atoms with Gasteiger partial charge in [0.25, 0.3) is 5.91 Å². The molecule has 19 heavy (non-hydrogen) atoms. The van der Waals surface area contributed by atoms with Gasteiger partial charge in [0.1, 0.15) is 17.4 Å². The Balaban J connectivity index is 2.62. The van der Waals surface area contributed by atoms with Crippen LogP contribution in [0.25, 0.3) is 0 Å². The molecule has 100 valence electrons. The van der Waals surface area contributed by atoms with Gasteiger partial charge < -0.3 is 20.5 Å². The van der Waals surface area contributed by atoms with E-state index in [0.29, 0.717) is 18.8 Å². The first-order valence-corrected chi connectivity index (χ1v) is 5.60. The van der Waals surface area contributed by atoms with Gasteiger partial charge in [-0.1, -0.05) is 6.07 Å². The number of carbonyl (C=O) groups is 1. The Labute approximate surface area is 111 Å². The van der Waals surface area contributed by atoms with E-state index in [0.717, 1.165) is 0 Å². The third-order valence-corrected chi connectivity index (χ3v) is 2.17. The highest BCUT2D eigenvalue weighted by molar-refractivity contribution is 6.06. The van der Waals surface area contributed by atoms with Gasteiger partial charge in [0.05, 0.1) is 6.61 Å². The topological polar surface area (TPSA) is 94.4 Å². The Morgan fingerprint density at radius 2 is 2.37 bits per heavy atom. The average Bonchev–Trinajstić information content (AvgIpc) is 2.38. The van der Waals surface area contributed by atoms with Crippen LogP contribution in [0.2, 0.25) is 0 Å². The third-order valence-electron chi connectivity index (χ3n) is 2.17. The van der Waals surface area contributed by atoms with Crippen molar-refractivity contribution in [3.63, 3.8) is 0 Å². The number of rotatable bonds is 6. The van der Waals surface area contributed by atoms with E-state index in [1.165, 1.54) is 18.3 Å². The molecule has 0 spiro atoms. The van der Waals surface area contributed by atoms with Crippen LogP contribution in [-0.2, 0) is 9.53 Å². The number of aromatic hydroxyl groups is 1. The average molecular weight is 261 g/mol. The summed E-state index contributed by atoms with van der Waals surface area (Å²) in [6.07, 6.45) is 1.33. The summed E-state index contributed by atoms with van der Waals surface area (Å²) in [5, 5.41) is 23.5. The molecule has 0 aromatic heterocycles. The molecule has 0 fully saturated rings. The second kappa shape index (κ2) is 7.74. The summed E-state index contributed by atoms with van der Waals surface area (Å²) >= 11 is 0. The van der Waals surface area contributed by atoms with Crippen molar-refractivity contribution >= 4 is 11.6 Å². The van der Waals surface area contributed by atoms with Crippen LogP contribution >= 0.6 is 0 Å². The van der Waals surface area contributed by atoms with Crippen LogP contribution in [0.3, 0.4) is 0 Å². The van der Waals surface area contributed by atoms with Crippen LogP contribution in [0.15, 0.2) is 36.0 Å². The smallest absolute Gasteiger partial charge is 0.267 e.